The fraction of sp³-hybridized carbons (Fsp3) is 0.0769. The minimum atomic E-state index is -4.35. The number of benzene rings is 1. The van der Waals surface area contributed by atoms with Gasteiger partial charge in [-0.1, -0.05) is 12.1 Å². The molecule has 3 nitrogen and oxygen atoms in total. The van der Waals surface area contributed by atoms with Crippen LogP contribution in [0.25, 0.3) is 0 Å². The van der Waals surface area contributed by atoms with Crippen LogP contribution in [0, 0.1) is 3.57 Å². The van der Waals surface area contributed by atoms with Gasteiger partial charge in [-0.3, -0.25) is 5.43 Å². The molecule has 104 valence electrons. The molecule has 0 saturated carbocycles. The van der Waals surface area contributed by atoms with Gasteiger partial charge in [-0.15, -0.1) is 0 Å². The van der Waals surface area contributed by atoms with Gasteiger partial charge >= 0.3 is 6.18 Å². The standard InChI is InChI=1S/C13H9F3IN3/c14-13(15,16)10-3-1-2-9(6-10)7-19-20-12-5-4-11(17)8-18-12/h1-8H,(H,18,20)/b19-7+. The van der Waals surface area contributed by atoms with Crippen molar-refractivity contribution in [1.82, 2.24) is 4.98 Å². The predicted octanol–water partition coefficient (Wildman–Crippen LogP) is 4.15. The van der Waals surface area contributed by atoms with Crippen LogP contribution in [-0.4, -0.2) is 11.2 Å². The summed E-state index contributed by atoms with van der Waals surface area (Å²) in [5, 5.41) is 3.86. The first-order chi connectivity index (χ1) is 9.45. The molecule has 0 saturated heterocycles. The van der Waals surface area contributed by atoms with Crippen LogP contribution in [0.1, 0.15) is 11.1 Å². The van der Waals surface area contributed by atoms with E-state index in [1.165, 1.54) is 12.3 Å². The molecule has 0 fully saturated rings. The van der Waals surface area contributed by atoms with Gasteiger partial charge in [-0.05, 0) is 52.4 Å². The first-order valence-corrected chi connectivity index (χ1v) is 6.61. The summed E-state index contributed by atoms with van der Waals surface area (Å²) in [5.74, 6) is 0.522. The van der Waals surface area contributed by atoms with Gasteiger partial charge in [0.05, 0.1) is 11.8 Å². The van der Waals surface area contributed by atoms with Crippen LogP contribution in [0.5, 0.6) is 0 Å². The molecule has 0 unspecified atom stereocenters. The highest BCUT2D eigenvalue weighted by molar-refractivity contribution is 14.1. The van der Waals surface area contributed by atoms with Crippen LogP contribution in [0.2, 0.25) is 0 Å². The molecule has 0 amide bonds. The number of hydrogen-bond donors (Lipinski definition) is 1. The molecule has 1 aromatic carbocycles. The molecule has 0 atom stereocenters. The molecule has 1 aromatic heterocycles. The number of anilines is 1. The number of pyridine rings is 1. The Kier molecular flexibility index (Phi) is 4.58. The van der Waals surface area contributed by atoms with Crippen molar-refractivity contribution < 1.29 is 13.2 Å². The van der Waals surface area contributed by atoms with Crippen LogP contribution in [-0.2, 0) is 6.18 Å². The maximum Gasteiger partial charge on any atom is 0.416 e. The number of aromatic nitrogens is 1. The zero-order valence-electron chi connectivity index (χ0n) is 10.0. The number of alkyl halides is 3. The number of hydrogen-bond acceptors (Lipinski definition) is 3. The minimum Gasteiger partial charge on any atom is -0.261 e. The third-order valence-electron chi connectivity index (χ3n) is 2.33. The van der Waals surface area contributed by atoms with E-state index in [2.05, 4.69) is 38.1 Å². The molecule has 7 heteroatoms. The third kappa shape index (κ3) is 4.19. The number of nitrogens with zero attached hydrogens (tertiary/aromatic N) is 2. The maximum atomic E-state index is 12.5. The quantitative estimate of drug-likeness (QED) is 0.485. The van der Waals surface area contributed by atoms with E-state index in [0.717, 1.165) is 15.7 Å². The molecule has 1 heterocycles. The molecule has 0 bridgehead atoms. The fourth-order valence-electron chi connectivity index (χ4n) is 1.41. The molecule has 0 aliphatic rings. The molecule has 2 aromatic rings. The van der Waals surface area contributed by atoms with E-state index in [1.807, 2.05) is 6.07 Å². The average molecular weight is 391 g/mol. The Hall–Kier alpha value is -1.64. The first kappa shape index (κ1) is 14.8. The smallest absolute Gasteiger partial charge is 0.261 e. The lowest BCUT2D eigenvalue weighted by Gasteiger charge is -2.06. The summed E-state index contributed by atoms with van der Waals surface area (Å²) < 4.78 is 38.5. The second kappa shape index (κ2) is 6.21. The van der Waals surface area contributed by atoms with Gasteiger partial charge in [-0.25, -0.2) is 4.98 Å². The number of halogens is 4. The summed E-state index contributed by atoms with van der Waals surface area (Å²) in [6, 6.07) is 8.51. The molecular formula is C13H9F3IN3. The first-order valence-electron chi connectivity index (χ1n) is 5.53. The Morgan fingerprint density at radius 3 is 2.65 bits per heavy atom. The van der Waals surface area contributed by atoms with E-state index < -0.39 is 11.7 Å². The maximum absolute atomic E-state index is 12.5. The van der Waals surface area contributed by atoms with Crippen molar-refractivity contribution in [2.75, 3.05) is 5.43 Å². The summed E-state index contributed by atoms with van der Waals surface area (Å²) in [6.07, 6.45) is -1.38. The highest BCUT2D eigenvalue weighted by Crippen LogP contribution is 2.29. The van der Waals surface area contributed by atoms with Crippen molar-refractivity contribution >= 4 is 34.6 Å². The zero-order chi connectivity index (χ0) is 14.6. The van der Waals surface area contributed by atoms with Crippen molar-refractivity contribution in [1.29, 1.82) is 0 Å². The summed E-state index contributed by atoms with van der Waals surface area (Å²) in [6.45, 7) is 0. The lowest BCUT2D eigenvalue weighted by Crippen LogP contribution is -2.05. The Bertz CT molecular complexity index is 609. The average Bonchev–Trinajstić information content (AvgIpc) is 2.40. The SMILES string of the molecule is FC(F)(F)c1cccc(/C=N/Nc2ccc(I)cn2)c1. The van der Waals surface area contributed by atoms with Gasteiger partial charge in [0, 0.05) is 9.77 Å². The molecule has 0 radical (unpaired) electrons. The van der Waals surface area contributed by atoms with E-state index in [4.69, 9.17) is 0 Å². The second-order valence-corrected chi connectivity index (χ2v) is 5.10. The monoisotopic (exact) mass is 391 g/mol. The summed E-state index contributed by atoms with van der Waals surface area (Å²) in [7, 11) is 0. The van der Waals surface area contributed by atoms with Crippen LogP contribution >= 0.6 is 22.6 Å². The van der Waals surface area contributed by atoms with E-state index in [0.29, 0.717) is 11.4 Å². The van der Waals surface area contributed by atoms with Gasteiger partial charge < -0.3 is 0 Å². The molecular weight excluding hydrogens is 382 g/mol. The number of nitrogens with one attached hydrogen (secondary N) is 1. The molecule has 20 heavy (non-hydrogen) atoms. The molecule has 2 rings (SSSR count). The second-order valence-electron chi connectivity index (χ2n) is 3.85. The third-order valence-corrected chi connectivity index (χ3v) is 2.97. The fourth-order valence-corrected chi connectivity index (χ4v) is 1.73. The highest BCUT2D eigenvalue weighted by atomic mass is 127. The summed E-state index contributed by atoms with van der Waals surface area (Å²) in [4.78, 5) is 4.05. The lowest BCUT2D eigenvalue weighted by molar-refractivity contribution is -0.137. The van der Waals surface area contributed by atoms with Gasteiger partial charge in [0.15, 0.2) is 0 Å². The molecule has 0 aliphatic carbocycles. The van der Waals surface area contributed by atoms with E-state index in [9.17, 15) is 13.2 Å². The van der Waals surface area contributed by atoms with E-state index in [1.54, 1.807) is 18.3 Å². The Balaban J connectivity index is 2.06. The minimum absolute atomic E-state index is 0.359. The van der Waals surface area contributed by atoms with Crippen molar-refractivity contribution in [3.63, 3.8) is 0 Å². The van der Waals surface area contributed by atoms with E-state index in [-0.39, 0.29) is 0 Å². The Morgan fingerprint density at radius 2 is 2.00 bits per heavy atom. The van der Waals surface area contributed by atoms with Crippen molar-refractivity contribution in [3.8, 4) is 0 Å². The normalized spacial score (nSPS) is 11.8. The largest absolute Gasteiger partial charge is 0.416 e. The van der Waals surface area contributed by atoms with Crippen LogP contribution in [0.15, 0.2) is 47.7 Å². The highest BCUT2D eigenvalue weighted by Gasteiger charge is 2.30. The van der Waals surface area contributed by atoms with Crippen LogP contribution < -0.4 is 5.43 Å². The van der Waals surface area contributed by atoms with Crippen molar-refractivity contribution in [3.05, 3.63) is 57.3 Å². The Labute approximate surface area is 127 Å². The summed E-state index contributed by atoms with van der Waals surface area (Å²) >= 11 is 2.12. The molecule has 0 spiro atoms. The molecule has 1 N–H and O–H groups in total. The Morgan fingerprint density at radius 1 is 1.20 bits per heavy atom. The van der Waals surface area contributed by atoms with E-state index >= 15 is 0 Å². The predicted molar refractivity (Wildman–Crippen MR) is 79.6 cm³/mol. The molecule has 0 aliphatic heterocycles. The van der Waals surface area contributed by atoms with Gasteiger partial charge in [0.1, 0.15) is 5.82 Å². The zero-order valence-corrected chi connectivity index (χ0v) is 12.2. The van der Waals surface area contributed by atoms with Gasteiger partial charge in [-0.2, -0.15) is 18.3 Å². The van der Waals surface area contributed by atoms with Crippen LogP contribution in [0.4, 0.5) is 19.0 Å². The van der Waals surface area contributed by atoms with Crippen LogP contribution in [0.3, 0.4) is 0 Å². The van der Waals surface area contributed by atoms with Crippen molar-refractivity contribution in [2.24, 2.45) is 5.10 Å². The number of rotatable bonds is 3. The number of hydrazone groups is 1. The van der Waals surface area contributed by atoms with Crippen molar-refractivity contribution in [2.45, 2.75) is 6.18 Å². The van der Waals surface area contributed by atoms with Gasteiger partial charge in [0.2, 0.25) is 0 Å². The summed E-state index contributed by atoms with van der Waals surface area (Å²) in [5.41, 5.74) is 2.31. The van der Waals surface area contributed by atoms with Gasteiger partial charge in [0.25, 0.3) is 0 Å². The topological polar surface area (TPSA) is 37.3 Å². The lowest BCUT2D eigenvalue weighted by atomic mass is 10.1.